The molecule has 0 saturated carbocycles. The average molecular weight is 189 g/mol. The molecular weight excluding hydrogens is 182 g/mol. The minimum atomic E-state index is -0.783. The van der Waals surface area contributed by atoms with Crippen molar-refractivity contribution < 1.29 is 9.47 Å². The highest BCUT2D eigenvalue weighted by molar-refractivity contribution is 5.42. The van der Waals surface area contributed by atoms with Crippen molar-refractivity contribution >= 4 is 0 Å². The van der Waals surface area contributed by atoms with Crippen molar-refractivity contribution in [1.82, 2.24) is 0 Å². The van der Waals surface area contributed by atoms with E-state index in [1.807, 2.05) is 12.1 Å². The van der Waals surface area contributed by atoms with Gasteiger partial charge in [-0.3, -0.25) is 0 Å². The van der Waals surface area contributed by atoms with Crippen LogP contribution >= 0.6 is 0 Å². The van der Waals surface area contributed by atoms with Crippen molar-refractivity contribution in [2.24, 2.45) is 5.11 Å². The molecule has 0 aliphatic carbocycles. The summed E-state index contributed by atoms with van der Waals surface area (Å²) in [6.45, 7) is 3.60. The van der Waals surface area contributed by atoms with Crippen LogP contribution in [0.3, 0.4) is 0 Å². The Hall–Kier alpha value is -2.13. The van der Waals surface area contributed by atoms with Crippen LogP contribution < -0.4 is 9.47 Å². The van der Waals surface area contributed by atoms with Crippen molar-refractivity contribution in [3.8, 4) is 11.5 Å². The normalized spacial score (nSPS) is 18.6. The topological polar surface area (TPSA) is 67.2 Å². The van der Waals surface area contributed by atoms with E-state index < -0.39 is 6.23 Å². The van der Waals surface area contributed by atoms with Gasteiger partial charge in [-0.05, 0) is 22.8 Å². The first-order chi connectivity index (χ1) is 6.81. The third kappa shape index (κ3) is 1.36. The Morgan fingerprint density at radius 3 is 2.79 bits per heavy atom. The molecule has 5 heteroatoms. The maximum absolute atomic E-state index is 8.27. The highest BCUT2D eigenvalue weighted by Gasteiger charge is 2.23. The van der Waals surface area contributed by atoms with Gasteiger partial charge in [-0.25, -0.2) is 0 Å². The molecule has 14 heavy (non-hydrogen) atoms. The van der Waals surface area contributed by atoms with Crippen molar-refractivity contribution in [1.29, 1.82) is 0 Å². The summed E-state index contributed by atoms with van der Waals surface area (Å²) in [5, 5.41) is 3.40. The molecule has 1 aliphatic heterocycles. The molecule has 0 radical (unpaired) electrons. The number of hydrogen-bond acceptors (Lipinski definition) is 3. The molecule has 1 aromatic carbocycles. The minimum absolute atomic E-state index is 0.293. The second-order valence-electron chi connectivity index (χ2n) is 2.69. The Kier molecular flexibility index (Phi) is 2.01. The number of azide groups is 1. The molecule has 0 amide bonds. The fraction of sp³-hybridized carbons (Fsp3) is 0.111. The van der Waals surface area contributed by atoms with Crippen LogP contribution in [0.15, 0.2) is 41.7 Å². The third-order valence-electron chi connectivity index (χ3n) is 1.76. The van der Waals surface area contributed by atoms with E-state index in [4.69, 9.17) is 15.0 Å². The Morgan fingerprint density at radius 1 is 1.36 bits per heavy atom. The van der Waals surface area contributed by atoms with E-state index in [0.29, 0.717) is 17.3 Å². The Labute approximate surface area is 80.2 Å². The minimum Gasteiger partial charge on any atom is -0.472 e. The van der Waals surface area contributed by atoms with Gasteiger partial charge in [0.15, 0.2) is 11.5 Å². The van der Waals surface area contributed by atoms with E-state index in [1.54, 1.807) is 12.1 Å². The Bertz CT molecular complexity index is 424. The molecule has 2 rings (SSSR count). The predicted octanol–water partition coefficient (Wildman–Crippen LogP) is 2.61. The van der Waals surface area contributed by atoms with Crippen LogP contribution in [0.2, 0.25) is 0 Å². The number of nitrogens with zero attached hydrogens (tertiary/aromatic N) is 3. The zero-order valence-electron chi connectivity index (χ0n) is 7.25. The van der Waals surface area contributed by atoms with Crippen LogP contribution in [0.1, 0.15) is 0 Å². The monoisotopic (exact) mass is 189 g/mol. The Balaban J connectivity index is 2.35. The summed E-state index contributed by atoms with van der Waals surface area (Å²) in [6.07, 6.45) is -0.783. The smallest absolute Gasteiger partial charge is 0.234 e. The summed E-state index contributed by atoms with van der Waals surface area (Å²) in [6, 6.07) is 7.13. The standard InChI is InChI=1S/C9H7N3O2/c1-6-9(11-12-10)14-8-5-3-2-4-7(8)13-6/h2-5,9H,1H2. The maximum Gasteiger partial charge on any atom is 0.234 e. The first kappa shape index (κ1) is 8.47. The van der Waals surface area contributed by atoms with E-state index in [1.165, 1.54) is 0 Å². The molecule has 1 aliphatic rings. The molecule has 0 bridgehead atoms. The van der Waals surface area contributed by atoms with Crippen molar-refractivity contribution in [2.45, 2.75) is 6.23 Å². The number of rotatable bonds is 1. The molecule has 5 nitrogen and oxygen atoms in total. The SMILES string of the molecule is C=C1Oc2ccccc2OC1N=[N+]=[N-]. The van der Waals surface area contributed by atoms with Gasteiger partial charge in [0, 0.05) is 4.91 Å². The molecule has 0 N–H and O–H groups in total. The third-order valence-corrected chi connectivity index (χ3v) is 1.76. The van der Waals surface area contributed by atoms with Gasteiger partial charge >= 0.3 is 0 Å². The molecule has 0 saturated heterocycles. The van der Waals surface area contributed by atoms with Crippen molar-refractivity contribution in [3.05, 3.63) is 47.0 Å². The fourth-order valence-electron chi connectivity index (χ4n) is 1.14. The first-order valence-electron chi connectivity index (χ1n) is 3.98. The Morgan fingerprint density at radius 2 is 2.07 bits per heavy atom. The summed E-state index contributed by atoms with van der Waals surface area (Å²) < 4.78 is 10.7. The molecule has 0 fully saturated rings. The lowest BCUT2D eigenvalue weighted by atomic mass is 10.3. The van der Waals surface area contributed by atoms with Gasteiger partial charge in [0.1, 0.15) is 5.76 Å². The zero-order valence-corrected chi connectivity index (χ0v) is 7.25. The molecular formula is C9H7N3O2. The molecule has 70 valence electrons. The van der Waals surface area contributed by atoms with Gasteiger partial charge in [-0.15, -0.1) is 0 Å². The molecule has 0 spiro atoms. The number of para-hydroxylation sites is 2. The predicted molar refractivity (Wildman–Crippen MR) is 49.8 cm³/mol. The lowest BCUT2D eigenvalue weighted by molar-refractivity contribution is 0.153. The molecule has 1 heterocycles. The molecule has 1 aromatic rings. The van der Waals surface area contributed by atoms with E-state index in [-0.39, 0.29) is 0 Å². The fourth-order valence-corrected chi connectivity index (χ4v) is 1.14. The van der Waals surface area contributed by atoms with Crippen LogP contribution in [0.4, 0.5) is 0 Å². The highest BCUT2D eigenvalue weighted by Crippen LogP contribution is 2.34. The van der Waals surface area contributed by atoms with Crippen molar-refractivity contribution in [2.75, 3.05) is 0 Å². The van der Waals surface area contributed by atoms with E-state index >= 15 is 0 Å². The largest absolute Gasteiger partial charge is 0.472 e. The first-order valence-corrected chi connectivity index (χ1v) is 3.98. The van der Waals surface area contributed by atoms with Crippen LogP contribution in [-0.2, 0) is 0 Å². The van der Waals surface area contributed by atoms with Crippen LogP contribution in [-0.4, -0.2) is 6.23 Å². The quantitative estimate of drug-likeness (QED) is 0.387. The highest BCUT2D eigenvalue weighted by atomic mass is 16.6. The molecule has 1 unspecified atom stereocenters. The van der Waals surface area contributed by atoms with E-state index in [2.05, 4.69) is 16.6 Å². The number of benzene rings is 1. The number of ether oxygens (including phenoxy) is 2. The van der Waals surface area contributed by atoms with Gasteiger partial charge in [0.2, 0.25) is 6.23 Å². The van der Waals surface area contributed by atoms with E-state index in [9.17, 15) is 0 Å². The number of hydrogen-bond donors (Lipinski definition) is 0. The van der Waals surface area contributed by atoms with E-state index in [0.717, 1.165) is 0 Å². The van der Waals surface area contributed by atoms with Crippen LogP contribution in [0, 0.1) is 0 Å². The number of fused-ring (bicyclic) bond motifs is 1. The van der Waals surface area contributed by atoms with Crippen molar-refractivity contribution in [3.63, 3.8) is 0 Å². The van der Waals surface area contributed by atoms with Gasteiger partial charge < -0.3 is 9.47 Å². The summed E-state index contributed by atoms with van der Waals surface area (Å²) in [7, 11) is 0. The van der Waals surface area contributed by atoms with Gasteiger partial charge in [-0.1, -0.05) is 18.7 Å². The molecule has 0 aromatic heterocycles. The second-order valence-corrected chi connectivity index (χ2v) is 2.69. The summed E-state index contributed by atoms with van der Waals surface area (Å²) in [4.78, 5) is 2.64. The zero-order chi connectivity index (χ0) is 9.97. The van der Waals surface area contributed by atoms with Gasteiger partial charge in [-0.2, -0.15) is 0 Å². The molecule has 1 atom stereocenters. The van der Waals surface area contributed by atoms with Crippen LogP contribution in [0.25, 0.3) is 10.4 Å². The summed E-state index contributed by atoms with van der Waals surface area (Å²) in [5.41, 5.74) is 8.27. The van der Waals surface area contributed by atoms with Gasteiger partial charge in [0.25, 0.3) is 0 Å². The second kappa shape index (κ2) is 3.32. The maximum atomic E-state index is 8.27. The summed E-state index contributed by atoms with van der Waals surface area (Å²) >= 11 is 0. The van der Waals surface area contributed by atoms with Gasteiger partial charge in [0.05, 0.1) is 0 Å². The average Bonchev–Trinajstić information content (AvgIpc) is 2.19. The van der Waals surface area contributed by atoms with Crippen LogP contribution in [0.5, 0.6) is 11.5 Å². The summed E-state index contributed by atoms with van der Waals surface area (Å²) in [5.74, 6) is 1.43. The lowest BCUT2D eigenvalue weighted by Gasteiger charge is -2.24. The lowest BCUT2D eigenvalue weighted by Crippen LogP contribution is -2.23.